The Morgan fingerprint density at radius 3 is 2.48 bits per heavy atom. The van der Waals surface area contributed by atoms with Gasteiger partial charge in [0.25, 0.3) is 0 Å². The van der Waals surface area contributed by atoms with Gasteiger partial charge >= 0.3 is 0 Å². The van der Waals surface area contributed by atoms with E-state index in [1.54, 1.807) is 6.07 Å². The molecule has 2 aliphatic heterocycles. The minimum atomic E-state index is -0.0601. The molecular weight excluding hydrogens is 392 g/mol. The van der Waals surface area contributed by atoms with E-state index in [1.807, 2.05) is 6.07 Å². The van der Waals surface area contributed by atoms with Crippen LogP contribution in [0.5, 0.6) is 11.5 Å². The molecule has 0 bridgehead atoms. The monoisotopic (exact) mass is 416 g/mol. The van der Waals surface area contributed by atoms with Crippen LogP contribution in [0.2, 0.25) is 5.02 Å². The lowest BCUT2D eigenvalue weighted by Gasteiger charge is -2.26. The molecule has 1 N–H and O–H groups in total. The summed E-state index contributed by atoms with van der Waals surface area (Å²) in [7, 11) is 0. The SMILES string of the molecule is O=C(Cc1cc(Cl)c2c(c1)OCCO2)NCc1ccc(CN2CCOCC2)cc1. The van der Waals surface area contributed by atoms with Crippen LogP contribution in [0.25, 0.3) is 0 Å². The first-order valence-electron chi connectivity index (χ1n) is 9.90. The fraction of sp³-hybridized carbons (Fsp3) is 0.409. The summed E-state index contributed by atoms with van der Waals surface area (Å²) in [6.07, 6.45) is 0.242. The van der Waals surface area contributed by atoms with Gasteiger partial charge in [0.2, 0.25) is 5.91 Å². The van der Waals surface area contributed by atoms with Crippen molar-refractivity contribution in [2.24, 2.45) is 0 Å². The average Bonchev–Trinajstić information content (AvgIpc) is 2.74. The van der Waals surface area contributed by atoms with Crippen molar-refractivity contribution in [3.05, 3.63) is 58.1 Å². The minimum Gasteiger partial charge on any atom is -0.486 e. The second-order valence-corrected chi connectivity index (χ2v) is 7.67. The number of nitrogens with zero attached hydrogens (tertiary/aromatic N) is 1. The van der Waals surface area contributed by atoms with Gasteiger partial charge in [-0.25, -0.2) is 0 Å². The molecule has 154 valence electrons. The van der Waals surface area contributed by atoms with Crippen molar-refractivity contribution < 1.29 is 19.0 Å². The first kappa shape index (κ1) is 20.0. The van der Waals surface area contributed by atoms with Crippen molar-refractivity contribution in [1.29, 1.82) is 0 Å². The Morgan fingerprint density at radius 1 is 0.966 bits per heavy atom. The van der Waals surface area contributed by atoms with Gasteiger partial charge in [-0.2, -0.15) is 0 Å². The molecule has 1 fully saturated rings. The van der Waals surface area contributed by atoms with E-state index in [1.165, 1.54) is 5.56 Å². The van der Waals surface area contributed by atoms with Crippen LogP contribution in [-0.2, 0) is 29.0 Å². The molecule has 2 aromatic carbocycles. The zero-order valence-electron chi connectivity index (χ0n) is 16.3. The predicted molar refractivity (Wildman–Crippen MR) is 111 cm³/mol. The number of fused-ring (bicyclic) bond motifs is 1. The molecule has 7 heteroatoms. The van der Waals surface area contributed by atoms with Crippen molar-refractivity contribution in [1.82, 2.24) is 10.2 Å². The molecule has 2 heterocycles. The van der Waals surface area contributed by atoms with Gasteiger partial charge in [-0.05, 0) is 28.8 Å². The number of ether oxygens (including phenoxy) is 3. The Morgan fingerprint density at radius 2 is 1.69 bits per heavy atom. The Labute approximate surface area is 175 Å². The van der Waals surface area contributed by atoms with Crippen molar-refractivity contribution in [3.8, 4) is 11.5 Å². The van der Waals surface area contributed by atoms with E-state index in [0.717, 1.165) is 44.0 Å². The van der Waals surface area contributed by atoms with Gasteiger partial charge in [0.05, 0.1) is 24.7 Å². The standard InChI is InChI=1S/C22H25ClN2O4/c23-19-11-18(12-20-22(19)29-10-9-28-20)13-21(26)24-14-16-1-3-17(4-2-16)15-25-5-7-27-8-6-25/h1-4,11-12H,5-10,13-15H2,(H,24,26). The van der Waals surface area contributed by atoms with Gasteiger partial charge < -0.3 is 19.5 Å². The lowest BCUT2D eigenvalue weighted by Crippen LogP contribution is -2.35. The van der Waals surface area contributed by atoms with Crippen LogP contribution in [0.4, 0.5) is 0 Å². The van der Waals surface area contributed by atoms with Gasteiger partial charge in [0.1, 0.15) is 13.2 Å². The van der Waals surface area contributed by atoms with Crippen LogP contribution < -0.4 is 14.8 Å². The van der Waals surface area contributed by atoms with Crippen LogP contribution in [0.3, 0.4) is 0 Å². The molecular formula is C22H25ClN2O4. The molecule has 29 heavy (non-hydrogen) atoms. The van der Waals surface area contributed by atoms with Crippen LogP contribution in [0.15, 0.2) is 36.4 Å². The van der Waals surface area contributed by atoms with E-state index in [2.05, 4.69) is 34.5 Å². The highest BCUT2D eigenvalue weighted by molar-refractivity contribution is 6.32. The van der Waals surface area contributed by atoms with Gasteiger partial charge in [-0.15, -0.1) is 0 Å². The van der Waals surface area contributed by atoms with Crippen LogP contribution >= 0.6 is 11.6 Å². The van der Waals surface area contributed by atoms with Crippen LogP contribution in [0.1, 0.15) is 16.7 Å². The highest BCUT2D eigenvalue weighted by Gasteiger charge is 2.17. The smallest absolute Gasteiger partial charge is 0.224 e. The lowest BCUT2D eigenvalue weighted by atomic mass is 10.1. The zero-order valence-corrected chi connectivity index (χ0v) is 17.0. The number of nitrogens with one attached hydrogen (secondary N) is 1. The van der Waals surface area contributed by atoms with Gasteiger partial charge in [0.15, 0.2) is 11.5 Å². The number of carbonyl (C=O) groups is 1. The molecule has 0 spiro atoms. The molecule has 0 radical (unpaired) electrons. The van der Waals surface area contributed by atoms with Crippen molar-refractivity contribution in [3.63, 3.8) is 0 Å². The summed E-state index contributed by atoms with van der Waals surface area (Å²) in [5.74, 6) is 1.09. The maximum absolute atomic E-state index is 12.4. The highest BCUT2D eigenvalue weighted by Crippen LogP contribution is 2.38. The maximum Gasteiger partial charge on any atom is 0.224 e. The number of rotatable bonds is 6. The average molecular weight is 417 g/mol. The zero-order chi connectivity index (χ0) is 20.1. The normalized spacial score (nSPS) is 16.4. The summed E-state index contributed by atoms with van der Waals surface area (Å²) in [5, 5.41) is 3.44. The van der Waals surface area contributed by atoms with E-state index in [4.69, 9.17) is 25.8 Å². The van der Waals surface area contributed by atoms with E-state index in [0.29, 0.717) is 36.3 Å². The van der Waals surface area contributed by atoms with Crippen molar-refractivity contribution in [2.75, 3.05) is 39.5 Å². The Hall–Kier alpha value is -2.28. The van der Waals surface area contributed by atoms with Crippen LogP contribution in [-0.4, -0.2) is 50.3 Å². The molecule has 4 rings (SSSR count). The third-order valence-corrected chi connectivity index (χ3v) is 5.32. The number of amides is 1. The molecule has 2 aliphatic rings. The second-order valence-electron chi connectivity index (χ2n) is 7.26. The number of benzene rings is 2. The van der Waals surface area contributed by atoms with Gasteiger partial charge in [-0.3, -0.25) is 9.69 Å². The third kappa shape index (κ3) is 5.41. The first-order valence-corrected chi connectivity index (χ1v) is 10.3. The molecule has 2 aromatic rings. The summed E-state index contributed by atoms with van der Waals surface area (Å²) >= 11 is 6.24. The molecule has 0 aliphatic carbocycles. The first-order chi connectivity index (χ1) is 14.2. The Kier molecular flexibility index (Phi) is 6.54. The molecule has 0 atom stereocenters. The summed E-state index contributed by atoms with van der Waals surface area (Å²) in [4.78, 5) is 14.7. The number of hydrogen-bond donors (Lipinski definition) is 1. The fourth-order valence-electron chi connectivity index (χ4n) is 3.49. The Bertz CT molecular complexity index is 851. The predicted octanol–water partition coefficient (Wildman–Crippen LogP) is 2.80. The van der Waals surface area contributed by atoms with E-state index < -0.39 is 0 Å². The summed E-state index contributed by atoms with van der Waals surface area (Å²) in [6, 6.07) is 12.0. The molecule has 0 saturated carbocycles. The van der Waals surface area contributed by atoms with Crippen molar-refractivity contribution in [2.45, 2.75) is 19.5 Å². The second kappa shape index (κ2) is 9.48. The molecule has 0 aromatic heterocycles. The number of morpholine rings is 1. The van der Waals surface area contributed by atoms with Crippen LogP contribution in [0, 0.1) is 0 Å². The quantitative estimate of drug-likeness (QED) is 0.784. The molecule has 0 unspecified atom stereocenters. The minimum absolute atomic E-state index is 0.0601. The lowest BCUT2D eigenvalue weighted by molar-refractivity contribution is -0.120. The number of hydrogen-bond acceptors (Lipinski definition) is 5. The Balaban J connectivity index is 1.28. The molecule has 1 saturated heterocycles. The summed E-state index contributed by atoms with van der Waals surface area (Å²) in [6.45, 7) is 5.95. The topological polar surface area (TPSA) is 60.0 Å². The maximum atomic E-state index is 12.4. The van der Waals surface area contributed by atoms with E-state index in [-0.39, 0.29) is 12.3 Å². The number of carbonyl (C=O) groups excluding carboxylic acids is 1. The summed E-state index contributed by atoms with van der Waals surface area (Å²) < 4.78 is 16.5. The van der Waals surface area contributed by atoms with E-state index in [9.17, 15) is 4.79 Å². The molecule has 1 amide bonds. The summed E-state index contributed by atoms with van der Waals surface area (Å²) in [5.41, 5.74) is 3.15. The highest BCUT2D eigenvalue weighted by atomic mass is 35.5. The van der Waals surface area contributed by atoms with E-state index >= 15 is 0 Å². The molecule has 6 nitrogen and oxygen atoms in total. The third-order valence-electron chi connectivity index (χ3n) is 5.04. The van der Waals surface area contributed by atoms with Gasteiger partial charge in [-0.1, -0.05) is 35.9 Å². The van der Waals surface area contributed by atoms with Gasteiger partial charge in [0, 0.05) is 26.2 Å². The largest absolute Gasteiger partial charge is 0.486 e. The van der Waals surface area contributed by atoms with Crippen molar-refractivity contribution >= 4 is 17.5 Å². The number of halogens is 1. The fourth-order valence-corrected chi connectivity index (χ4v) is 3.78.